The molecule has 1 aliphatic heterocycles. The van der Waals surface area contributed by atoms with E-state index in [1.165, 1.54) is 0 Å². The van der Waals surface area contributed by atoms with Crippen LogP contribution in [-0.2, 0) is 4.74 Å². The van der Waals surface area contributed by atoms with Crippen molar-refractivity contribution in [1.82, 2.24) is 4.90 Å². The zero-order valence-electron chi connectivity index (χ0n) is 7.78. The highest BCUT2D eigenvalue weighted by atomic mass is 16.6. The molecule has 1 amide bonds. The van der Waals surface area contributed by atoms with Gasteiger partial charge in [-0.1, -0.05) is 0 Å². The molecule has 0 saturated carbocycles. The van der Waals surface area contributed by atoms with Crippen LogP contribution < -0.4 is 5.73 Å². The maximum Gasteiger partial charge on any atom is 0.410 e. The Labute approximate surface area is 72.7 Å². The van der Waals surface area contributed by atoms with Crippen LogP contribution in [0.15, 0.2) is 0 Å². The van der Waals surface area contributed by atoms with Gasteiger partial charge < -0.3 is 10.5 Å². The molecule has 2 N–H and O–H groups in total. The largest absolute Gasteiger partial charge is 0.447 e. The summed E-state index contributed by atoms with van der Waals surface area (Å²) in [5.41, 5.74) is 5.71. The molecule has 1 saturated heterocycles. The van der Waals surface area contributed by atoms with Gasteiger partial charge in [-0.2, -0.15) is 0 Å². The lowest BCUT2D eigenvalue weighted by molar-refractivity contribution is 0.148. The minimum atomic E-state index is -0.243. The van der Waals surface area contributed by atoms with Crippen molar-refractivity contribution < 1.29 is 9.53 Å². The van der Waals surface area contributed by atoms with Crippen molar-refractivity contribution in [3.63, 3.8) is 0 Å². The molecule has 0 aliphatic carbocycles. The molecule has 1 heterocycles. The number of cyclic esters (lactones) is 1. The Kier molecular flexibility index (Phi) is 2.57. The van der Waals surface area contributed by atoms with E-state index in [0.29, 0.717) is 6.61 Å². The van der Waals surface area contributed by atoms with Gasteiger partial charge in [0.25, 0.3) is 0 Å². The van der Waals surface area contributed by atoms with Gasteiger partial charge >= 0.3 is 6.09 Å². The van der Waals surface area contributed by atoms with Gasteiger partial charge in [-0.15, -0.1) is 0 Å². The van der Waals surface area contributed by atoms with Crippen molar-refractivity contribution in [2.45, 2.75) is 38.9 Å². The third-order valence-corrected chi connectivity index (χ3v) is 2.11. The van der Waals surface area contributed by atoms with Crippen molar-refractivity contribution in [1.29, 1.82) is 0 Å². The summed E-state index contributed by atoms with van der Waals surface area (Å²) in [4.78, 5) is 12.9. The molecular weight excluding hydrogens is 156 g/mol. The van der Waals surface area contributed by atoms with E-state index in [-0.39, 0.29) is 24.2 Å². The monoisotopic (exact) mass is 172 g/mol. The molecule has 2 atom stereocenters. The molecule has 2 unspecified atom stereocenters. The maximum atomic E-state index is 11.2. The van der Waals surface area contributed by atoms with Crippen LogP contribution in [0.2, 0.25) is 0 Å². The van der Waals surface area contributed by atoms with Gasteiger partial charge in [-0.25, -0.2) is 4.79 Å². The topological polar surface area (TPSA) is 55.6 Å². The molecule has 70 valence electrons. The first kappa shape index (κ1) is 9.32. The van der Waals surface area contributed by atoms with Crippen molar-refractivity contribution >= 4 is 6.09 Å². The van der Waals surface area contributed by atoms with Gasteiger partial charge in [0.1, 0.15) is 6.61 Å². The van der Waals surface area contributed by atoms with Crippen LogP contribution in [0.4, 0.5) is 4.79 Å². The van der Waals surface area contributed by atoms with E-state index >= 15 is 0 Å². The first-order chi connectivity index (χ1) is 5.54. The van der Waals surface area contributed by atoms with Gasteiger partial charge in [-0.3, -0.25) is 4.90 Å². The fourth-order valence-corrected chi connectivity index (χ4v) is 1.45. The molecule has 4 nitrogen and oxygen atoms in total. The van der Waals surface area contributed by atoms with Crippen LogP contribution in [0.1, 0.15) is 20.8 Å². The average molecular weight is 172 g/mol. The van der Waals surface area contributed by atoms with E-state index < -0.39 is 0 Å². The first-order valence-corrected chi connectivity index (χ1v) is 4.24. The van der Waals surface area contributed by atoms with E-state index in [2.05, 4.69) is 0 Å². The van der Waals surface area contributed by atoms with Crippen LogP contribution in [0.5, 0.6) is 0 Å². The molecule has 0 radical (unpaired) electrons. The fourth-order valence-electron chi connectivity index (χ4n) is 1.45. The van der Waals surface area contributed by atoms with Crippen LogP contribution in [-0.4, -0.2) is 35.7 Å². The quantitative estimate of drug-likeness (QED) is 0.662. The lowest BCUT2D eigenvalue weighted by Crippen LogP contribution is -2.48. The number of hydrogen-bond donors (Lipinski definition) is 1. The number of nitrogens with zero attached hydrogens (tertiary/aromatic N) is 1. The minimum absolute atomic E-state index is 0.0288. The Hall–Kier alpha value is -0.770. The number of ether oxygens (including phenoxy) is 1. The molecule has 1 aliphatic rings. The summed E-state index contributed by atoms with van der Waals surface area (Å²) in [6.45, 7) is 6.24. The predicted molar refractivity (Wildman–Crippen MR) is 45.8 cm³/mol. The van der Waals surface area contributed by atoms with E-state index in [1.807, 2.05) is 20.8 Å². The van der Waals surface area contributed by atoms with Crippen LogP contribution in [0.25, 0.3) is 0 Å². The normalized spacial score (nSPS) is 26.2. The lowest BCUT2D eigenvalue weighted by atomic mass is 10.1. The molecule has 0 bridgehead atoms. The van der Waals surface area contributed by atoms with Crippen LogP contribution in [0, 0.1) is 0 Å². The Morgan fingerprint density at radius 3 is 2.50 bits per heavy atom. The highest BCUT2D eigenvalue weighted by Crippen LogP contribution is 2.17. The Bertz CT molecular complexity index is 180. The third-order valence-electron chi connectivity index (χ3n) is 2.11. The highest BCUT2D eigenvalue weighted by Gasteiger charge is 2.36. The zero-order chi connectivity index (χ0) is 9.30. The Balaban J connectivity index is 2.70. The van der Waals surface area contributed by atoms with Crippen molar-refractivity contribution in [2.75, 3.05) is 6.61 Å². The summed E-state index contributed by atoms with van der Waals surface area (Å²) >= 11 is 0. The second kappa shape index (κ2) is 3.31. The lowest BCUT2D eigenvalue weighted by Gasteiger charge is -2.27. The predicted octanol–water partition coefficient (Wildman–Crippen LogP) is 0.563. The van der Waals surface area contributed by atoms with Crippen LogP contribution in [0.3, 0.4) is 0 Å². The second-order valence-electron chi connectivity index (χ2n) is 3.50. The number of nitrogens with two attached hydrogens (primary N) is 1. The van der Waals surface area contributed by atoms with Gasteiger partial charge in [0.15, 0.2) is 0 Å². The van der Waals surface area contributed by atoms with Gasteiger partial charge in [-0.05, 0) is 20.8 Å². The van der Waals surface area contributed by atoms with Gasteiger partial charge in [0, 0.05) is 12.1 Å². The number of rotatable bonds is 2. The van der Waals surface area contributed by atoms with Crippen molar-refractivity contribution in [3.05, 3.63) is 0 Å². The molecule has 0 aromatic heterocycles. The van der Waals surface area contributed by atoms with Crippen LogP contribution >= 0.6 is 0 Å². The first-order valence-electron chi connectivity index (χ1n) is 4.24. The molecule has 1 rings (SSSR count). The average Bonchev–Trinajstić information content (AvgIpc) is 2.30. The summed E-state index contributed by atoms with van der Waals surface area (Å²) in [5, 5.41) is 0. The van der Waals surface area contributed by atoms with E-state index in [1.54, 1.807) is 4.90 Å². The maximum absolute atomic E-state index is 11.2. The highest BCUT2D eigenvalue weighted by molar-refractivity contribution is 5.70. The Morgan fingerprint density at radius 2 is 2.17 bits per heavy atom. The van der Waals surface area contributed by atoms with Crippen molar-refractivity contribution in [3.8, 4) is 0 Å². The van der Waals surface area contributed by atoms with E-state index in [9.17, 15) is 4.79 Å². The van der Waals surface area contributed by atoms with Gasteiger partial charge in [0.2, 0.25) is 0 Å². The smallest absolute Gasteiger partial charge is 0.410 e. The summed E-state index contributed by atoms with van der Waals surface area (Å²) in [5.74, 6) is 0. The Morgan fingerprint density at radius 1 is 1.58 bits per heavy atom. The minimum Gasteiger partial charge on any atom is -0.447 e. The number of amides is 1. The van der Waals surface area contributed by atoms with E-state index in [0.717, 1.165) is 0 Å². The summed E-state index contributed by atoms with van der Waals surface area (Å²) < 4.78 is 4.91. The third kappa shape index (κ3) is 1.53. The SMILES string of the molecule is CC(N)C1COC(=O)N1C(C)C. The van der Waals surface area contributed by atoms with Crippen molar-refractivity contribution in [2.24, 2.45) is 5.73 Å². The number of carbonyl (C=O) groups excluding carboxylic acids is 1. The molecule has 0 aromatic rings. The fraction of sp³-hybridized carbons (Fsp3) is 0.875. The molecular formula is C8H16N2O2. The zero-order valence-corrected chi connectivity index (χ0v) is 7.78. The van der Waals surface area contributed by atoms with Gasteiger partial charge in [0.05, 0.1) is 6.04 Å². The van der Waals surface area contributed by atoms with E-state index in [4.69, 9.17) is 10.5 Å². The second-order valence-corrected chi connectivity index (χ2v) is 3.50. The molecule has 0 spiro atoms. The summed E-state index contributed by atoms with van der Waals surface area (Å²) in [6, 6.07) is 0.173. The number of hydrogen-bond acceptors (Lipinski definition) is 3. The molecule has 0 aromatic carbocycles. The standard InChI is InChI=1S/C8H16N2O2/c1-5(2)10-7(6(3)9)4-12-8(10)11/h5-7H,4,9H2,1-3H3. The molecule has 1 fully saturated rings. The molecule has 4 heteroatoms. The number of carbonyl (C=O) groups is 1. The summed E-state index contributed by atoms with van der Waals surface area (Å²) in [7, 11) is 0. The summed E-state index contributed by atoms with van der Waals surface area (Å²) in [6.07, 6.45) is -0.243. The molecule has 12 heavy (non-hydrogen) atoms.